The summed E-state index contributed by atoms with van der Waals surface area (Å²) in [6.07, 6.45) is 0.870. The van der Waals surface area contributed by atoms with Crippen LogP contribution in [0.15, 0.2) is 5.38 Å². The van der Waals surface area contributed by atoms with E-state index in [1.165, 1.54) is 18.4 Å². The number of rotatable bonds is 4. The van der Waals surface area contributed by atoms with Crippen molar-refractivity contribution in [3.8, 4) is 0 Å². The SMILES string of the molecule is COC(=O)c1csc(CCN(C)C)n1. The molecule has 0 fully saturated rings. The number of hydrogen-bond acceptors (Lipinski definition) is 5. The number of nitrogens with zero attached hydrogens (tertiary/aromatic N) is 2. The smallest absolute Gasteiger partial charge is 0.357 e. The molecule has 0 spiro atoms. The molecule has 0 atom stereocenters. The largest absolute Gasteiger partial charge is 0.464 e. The molecule has 0 N–H and O–H groups in total. The van der Waals surface area contributed by atoms with Gasteiger partial charge in [0, 0.05) is 18.3 Å². The lowest BCUT2D eigenvalue weighted by molar-refractivity contribution is 0.0594. The molecule has 14 heavy (non-hydrogen) atoms. The highest BCUT2D eigenvalue weighted by molar-refractivity contribution is 7.09. The van der Waals surface area contributed by atoms with Gasteiger partial charge in [-0.2, -0.15) is 0 Å². The van der Waals surface area contributed by atoms with Gasteiger partial charge >= 0.3 is 5.97 Å². The number of aromatic nitrogens is 1. The molecule has 0 aromatic carbocycles. The van der Waals surface area contributed by atoms with Crippen LogP contribution in [-0.4, -0.2) is 43.6 Å². The molecule has 1 aromatic rings. The van der Waals surface area contributed by atoms with Crippen LogP contribution in [0.3, 0.4) is 0 Å². The molecular formula is C9H14N2O2S. The van der Waals surface area contributed by atoms with Crippen molar-refractivity contribution in [3.63, 3.8) is 0 Å². The van der Waals surface area contributed by atoms with Crippen molar-refractivity contribution in [2.75, 3.05) is 27.7 Å². The molecule has 0 saturated carbocycles. The highest BCUT2D eigenvalue weighted by Crippen LogP contribution is 2.11. The molecule has 0 bridgehead atoms. The van der Waals surface area contributed by atoms with Crippen LogP contribution in [0, 0.1) is 0 Å². The Morgan fingerprint density at radius 2 is 2.36 bits per heavy atom. The molecule has 0 unspecified atom stereocenters. The van der Waals surface area contributed by atoms with Crippen LogP contribution in [0.5, 0.6) is 0 Å². The number of carbonyl (C=O) groups is 1. The summed E-state index contributed by atoms with van der Waals surface area (Å²) in [5.41, 5.74) is 0.409. The molecule has 0 amide bonds. The summed E-state index contributed by atoms with van der Waals surface area (Å²) >= 11 is 1.50. The fourth-order valence-corrected chi connectivity index (χ4v) is 1.70. The van der Waals surface area contributed by atoms with Crippen LogP contribution in [0.2, 0.25) is 0 Å². The zero-order chi connectivity index (χ0) is 10.6. The van der Waals surface area contributed by atoms with Crippen LogP contribution in [0.1, 0.15) is 15.5 Å². The van der Waals surface area contributed by atoms with Crippen LogP contribution in [0.4, 0.5) is 0 Å². The fraction of sp³-hybridized carbons (Fsp3) is 0.556. The van der Waals surface area contributed by atoms with E-state index in [0.29, 0.717) is 5.69 Å². The van der Waals surface area contributed by atoms with E-state index in [-0.39, 0.29) is 5.97 Å². The van der Waals surface area contributed by atoms with Crippen molar-refractivity contribution in [1.82, 2.24) is 9.88 Å². The topological polar surface area (TPSA) is 42.4 Å². The Bertz CT molecular complexity index is 310. The summed E-state index contributed by atoms with van der Waals surface area (Å²) in [5.74, 6) is -0.364. The first-order valence-corrected chi connectivity index (χ1v) is 5.19. The first kappa shape index (κ1) is 11.1. The average Bonchev–Trinajstić information content (AvgIpc) is 2.62. The second-order valence-electron chi connectivity index (χ2n) is 3.17. The van der Waals surface area contributed by atoms with Crippen molar-refractivity contribution < 1.29 is 9.53 Å². The minimum absolute atomic E-state index is 0.364. The van der Waals surface area contributed by atoms with Crippen molar-refractivity contribution in [2.45, 2.75) is 6.42 Å². The van der Waals surface area contributed by atoms with E-state index < -0.39 is 0 Å². The number of ether oxygens (including phenoxy) is 1. The van der Waals surface area contributed by atoms with Crippen molar-refractivity contribution in [2.24, 2.45) is 0 Å². The molecule has 1 heterocycles. The quantitative estimate of drug-likeness (QED) is 0.702. The predicted octanol–water partition coefficient (Wildman–Crippen LogP) is 1.03. The molecular weight excluding hydrogens is 200 g/mol. The van der Waals surface area contributed by atoms with E-state index in [9.17, 15) is 4.79 Å². The Morgan fingerprint density at radius 1 is 1.64 bits per heavy atom. The molecule has 0 aliphatic heterocycles. The Hall–Kier alpha value is -0.940. The first-order valence-electron chi connectivity index (χ1n) is 4.31. The number of esters is 1. The molecule has 5 heteroatoms. The molecule has 78 valence electrons. The number of methoxy groups -OCH3 is 1. The van der Waals surface area contributed by atoms with Gasteiger partial charge < -0.3 is 9.64 Å². The van der Waals surface area contributed by atoms with Crippen molar-refractivity contribution in [1.29, 1.82) is 0 Å². The van der Waals surface area contributed by atoms with Gasteiger partial charge in [-0.1, -0.05) is 0 Å². The van der Waals surface area contributed by atoms with E-state index in [1.54, 1.807) is 5.38 Å². The van der Waals surface area contributed by atoms with Gasteiger partial charge in [0.15, 0.2) is 5.69 Å². The van der Waals surface area contributed by atoms with Crippen LogP contribution in [-0.2, 0) is 11.2 Å². The summed E-state index contributed by atoms with van der Waals surface area (Å²) in [5, 5.41) is 2.70. The number of thiazole rings is 1. The third-order valence-corrected chi connectivity index (χ3v) is 2.63. The molecule has 0 saturated heterocycles. The fourth-order valence-electron chi connectivity index (χ4n) is 0.943. The number of likely N-dealkylation sites (N-methyl/N-ethyl adjacent to an activating group) is 1. The highest BCUT2D eigenvalue weighted by atomic mass is 32.1. The van der Waals surface area contributed by atoms with Gasteiger partial charge in [0.05, 0.1) is 12.1 Å². The third kappa shape index (κ3) is 3.08. The Balaban J connectivity index is 2.55. The Labute approximate surface area is 87.5 Å². The van der Waals surface area contributed by atoms with Gasteiger partial charge in [0.2, 0.25) is 0 Å². The van der Waals surface area contributed by atoms with Gasteiger partial charge in [-0.05, 0) is 14.1 Å². The maximum atomic E-state index is 11.1. The zero-order valence-corrected chi connectivity index (χ0v) is 9.43. The minimum Gasteiger partial charge on any atom is -0.464 e. The third-order valence-electron chi connectivity index (χ3n) is 1.72. The molecule has 4 nitrogen and oxygen atoms in total. The van der Waals surface area contributed by atoms with E-state index >= 15 is 0 Å². The molecule has 0 aliphatic rings. The van der Waals surface area contributed by atoms with Gasteiger partial charge in [0.1, 0.15) is 0 Å². The summed E-state index contributed by atoms with van der Waals surface area (Å²) in [6.45, 7) is 0.939. The predicted molar refractivity (Wildman–Crippen MR) is 55.7 cm³/mol. The molecule has 0 radical (unpaired) electrons. The van der Waals surface area contributed by atoms with Crippen LogP contribution in [0.25, 0.3) is 0 Å². The van der Waals surface area contributed by atoms with Gasteiger partial charge in [-0.25, -0.2) is 9.78 Å². The highest BCUT2D eigenvalue weighted by Gasteiger charge is 2.10. The number of hydrogen-bond donors (Lipinski definition) is 0. The van der Waals surface area contributed by atoms with Crippen LogP contribution < -0.4 is 0 Å². The minimum atomic E-state index is -0.364. The van der Waals surface area contributed by atoms with Crippen molar-refractivity contribution in [3.05, 3.63) is 16.1 Å². The summed E-state index contributed by atoms with van der Waals surface area (Å²) in [6, 6.07) is 0. The average molecular weight is 214 g/mol. The molecule has 1 rings (SSSR count). The lowest BCUT2D eigenvalue weighted by Gasteiger charge is -2.06. The van der Waals surface area contributed by atoms with Gasteiger partial charge in [0.25, 0.3) is 0 Å². The van der Waals surface area contributed by atoms with E-state index in [1.807, 2.05) is 14.1 Å². The maximum absolute atomic E-state index is 11.1. The van der Waals surface area contributed by atoms with Gasteiger partial charge in [-0.15, -0.1) is 11.3 Å². The lowest BCUT2D eigenvalue weighted by atomic mass is 10.4. The molecule has 1 aromatic heterocycles. The second-order valence-corrected chi connectivity index (χ2v) is 4.11. The van der Waals surface area contributed by atoms with E-state index in [2.05, 4.69) is 14.6 Å². The second kappa shape index (κ2) is 5.07. The normalized spacial score (nSPS) is 10.6. The van der Waals surface area contributed by atoms with E-state index in [0.717, 1.165) is 18.0 Å². The monoisotopic (exact) mass is 214 g/mol. The lowest BCUT2D eigenvalue weighted by Crippen LogP contribution is -2.15. The van der Waals surface area contributed by atoms with E-state index in [4.69, 9.17) is 0 Å². The summed E-state index contributed by atoms with van der Waals surface area (Å²) in [4.78, 5) is 17.3. The molecule has 0 aliphatic carbocycles. The van der Waals surface area contributed by atoms with Gasteiger partial charge in [-0.3, -0.25) is 0 Å². The summed E-state index contributed by atoms with van der Waals surface area (Å²) < 4.78 is 4.57. The standard InChI is InChI=1S/C9H14N2O2S/c1-11(2)5-4-8-10-7(6-14-8)9(12)13-3/h6H,4-5H2,1-3H3. The number of carbonyl (C=O) groups excluding carboxylic acids is 1. The van der Waals surface area contributed by atoms with Crippen molar-refractivity contribution >= 4 is 17.3 Å². The first-order chi connectivity index (χ1) is 6.63. The summed E-state index contributed by atoms with van der Waals surface area (Å²) in [7, 11) is 5.38. The Kier molecular flexibility index (Phi) is 4.03. The maximum Gasteiger partial charge on any atom is 0.357 e. The van der Waals surface area contributed by atoms with Crippen LogP contribution >= 0.6 is 11.3 Å². The Morgan fingerprint density at radius 3 is 2.93 bits per heavy atom. The zero-order valence-electron chi connectivity index (χ0n) is 8.61.